The van der Waals surface area contributed by atoms with E-state index in [4.69, 9.17) is 15.7 Å². The van der Waals surface area contributed by atoms with Crippen LogP contribution >= 0.6 is 18.5 Å². The molecule has 4 nitrogen and oxygen atoms in total. The van der Waals surface area contributed by atoms with Crippen molar-refractivity contribution >= 4 is 24.5 Å². The van der Waals surface area contributed by atoms with Gasteiger partial charge in [0.1, 0.15) is 6.61 Å². The monoisotopic (exact) mass is 369 g/mol. The summed E-state index contributed by atoms with van der Waals surface area (Å²) >= 11 is 0. The molecule has 0 radical (unpaired) electrons. The molecule has 2 N–H and O–H groups in total. The van der Waals surface area contributed by atoms with Crippen LogP contribution in [-0.2, 0) is 11.2 Å². The molecule has 0 saturated carbocycles. The average Bonchev–Trinajstić information content (AvgIpc) is 2.63. The van der Waals surface area contributed by atoms with Gasteiger partial charge in [0, 0.05) is 0 Å². The van der Waals surface area contributed by atoms with Gasteiger partial charge in [0.2, 0.25) is 0 Å². The van der Waals surface area contributed by atoms with Crippen molar-refractivity contribution in [1.29, 1.82) is 5.26 Å². The fraction of sp³-hybridized carbons (Fsp3) is 0.263. The summed E-state index contributed by atoms with van der Waals surface area (Å²) < 4.78 is 5.41. The lowest BCUT2D eigenvalue weighted by atomic mass is 9.91. The number of hydrogen-bond acceptors (Lipinski definition) is 4. The topological polar surface area (TPSA) is 71.4 Å². The van der Waals surface area contributed by atoms with E-state index in [2.05, 4.69) is 54.7 Å². The summed E-state index contributed by atoms with van der Waals surface area (Å²) in [6, 6.07) is 16.3. The summed E-state index contributed by atoms with van der Waals surface area (Å²) in [5.41, 5.74) is 10.9. The Morgan fingerprint density at radius 1 is 1.28 bits per heavy atom. The maximum atomic E-state index is 9.15. The molecule has 0 aliphatic carbocycles. The maximum Gasteiger partial charge on any atom is 0.282 e. The van der Waals surface area contributed by atoms with Crippen molar-refractivity contribution in [2.45, 2.75) is 24.3 Å². The quantitative estimate of drug-likeness (QED) is 0.840. The van der Waals surface area contributed by atoms with Gasteiger partial charge in [-0.05, 0) is 46.9 Å². The second kappa shape index (κ2) is 7.12. The zero-order valence-corrected chi connectivity index (χ0v) is 16.4. The third kappa shape index (κ3) is 3.69. The maximum absolute atomic E-state index is 9.15. The summed E-state index contributed by atoms with van der Waals surface area (Å²) in [7, 11) is 5.66. The molecule has 2 aromatic rings. The summed E-state index contributed by atoms with van der Waals surface area (Å²) in [6.45, 7) is 2.61. The van der Waals surface area contributed by atoms with Crippen LogP contribution in [0.25, 0.3) is 11.1 Å². The summed E-state index contributed by atoms with van der Waals surface area (Å²) in [4.78, 5) is 4.25. The lowest BCUT2D eigenvalue weighted by Crippen LogP contribution is -2.37. The Morgan fingerprint density at radius 2 is 2.04 bits per heavy atom. The van der Waals surface area contributed by atoms with Crippen LogP contribution in [-0.4, -0.2) is 17.5 Å². The number of nitrogens with zero attached hydrogens (tertiary/aromatic N) is 2. The van der Waals surface area contributed by atoms with Crippen LogP contribution in [0.3, 0.4) is 0 Å². The number of benzene rings is 2. The fourth-order valence-corrected chi connectivity index (χ4v) is 3.72. The Labute approximate surface area is 152 Å². The molecule has 0 bridgehead atoms. The minimum Gasteiger partial charge on any atom is -0.464 e. The van der Waals surface area contributed by atoms with Crippen molar-refractivity contribution in [3.63, 3.8) is 0 Å². The molecule has 0 fully saturated rings. The van der Waals surface area contributed by atoms with Crippen LogP contribution in [0, 0.1) is 11.3 Å². The highest BCUT2D eigenvalue weighted by Crippen LogP contribution is 2.46. The molecule has 2 aromatic carbocycles. The number of aliphatic imine (C=N–C) groups is 1. The van der Waals surface area contributed by atoms with Crippen LogP contribution in [0.5, 0.6) is 0 Å². The minimum absolute atomic E-state index is 0.120. The van der Waals surface area contributed by atoms with Gasteiger partial charge in [-0.2, -0.15) is 5.26 Å². The first-order valence-electron chi connectivity index (χ1n) is 8.12. The lowest BCUT2D eigenvalue weighted by molar-refractivity contribution is 0.249. The largest absolute Gasteiger partial charge is 0.464 e. The number of rotatable bonds is 3. The molecule has 1 aliphatic heterocycles. The lowest BCUT2D eigenvalue weighted by Gasteiger charge is -2.36. The number of aryl methyl sites for hydroxylation is 1. The van der Waals surface area contributed by atoms with Gasteiger partial charge in [0.25, 0.3) is 6.02 Å². The Hall–Kier alpha value is -1.94. The molecule has 3 rings (SSSR count). The SMILES string of the molecule is CCc1ccc(-c2cccc(C#N)c2)cc1C1N=C(N)OCC1(P)P. The molecule has 0 saturated heterocycles. The normalized spacial score (nSPS) is 18.8. The van der Waals surface area contributed by atoms with E-state index in [1.807, 2.05) is 24.3 Å². The van der Waals surface area contributed by atoms with E-state index in [0.29, 0.717) is 12.2 Å². The molecule has 1 heterocycles. The first kappa shape index (κ1) is 17.9. The third-order valence-electron chi connectivity index (χ3n) is 4.38. The minimum atomic E-state index is -0.306. The molecule has 3 atom stereocenters. The third-order valence-corrected chi connectivity index (χ3v) is 5.35. The second-order valence-electron chi connectivity index (χ2n) is 6.23. The van der Waals surface area contributed by atoms with E-state index in [9.17, 15) is 0 Å². The van der Waals surface area contributed by atoms with Crippen LogP contribution < -0.4 is 5.73 Å². The van der Waals surface area contributed by atoms with Gasteiger partial charge in [-0.15, -0.1) is 18.5 Å². The molecule has 0 amide bonds. The van der Waals surface area contributed by atoms with E-state index in [1.54, 1.807) is 0 Å². The Kier molecular flexibility index (Phi) is 5.09. The molecule has 1 aliphatic rings. The van der Waals surface area contributed by atoms with Crippen LogP contribution in [0.2, 0.25) is 0 Å². The van der Waals surface area contributed by atoms with Gasteiger partial charge in [-0.1, -0.05) is 31.2 Å². The van der Waals surface area contributed by atoms with E-state index >= 15 is 0 Å². The zero-order chi connectivity index (χ0) is 18.0. The van der Waals surface area contributed by atoms with Crippen molar-refractivity contribution in [1.82, 2.24) is 0 Å². The van der Waals surface area contributed by atoms with E-state index in [1.165, 1.54) is 5.56 Å². The molecule has 0 aromatic heterocycles. The molecule has 6 heteroatoms. The van der Waals surface area contributed by atoms with Crippen molar-refractivity contribution in [3.05, 3.63) is 59.2 Å². The van der Waals surface area contributed by atoms with E-state index in [0.717, 1.165) is 23.1 Å². The predicted molar refractivity (Wildman–Crippen MR) is 108 cm³/mol. The number of hydrogen-bond donors (Lipinski definition) is 1. The molecule has 0 spiro atoms. The van der Waals surface area contributed by atoms with Gasteiger partial charge in [0.15, 0.2) is 0 Å². The van der Waals surface area contributed by atoms with Gasteiger partial charge < -0.3 is 10.5 Å². The average molecular weight is 369 g/mol. The van der Waals surface area contributed by atoms with Gasteiger partial charge in [-0.25, -0.2) is 4.99 Å². The van der Waals surface area contributed by atoms with Crippen molar-refractivity contribution in [2.75, 3.05) is 6.61 Å². The summed E-state index contributed by atoms with van der Waals surface area (Å²) in [6.07, 6.45) is 0.909. The molecular weight excluding hydrogens is 348 g/mol. The fourth-order valence-electron chi connectivity index (χ4n) is 3.04. The van der Waals surface area contributed by atoms with Crippen LogP contribution in [0.15, 0.2) is 47.5 Å². The number of ether oxygens (including phenoxy) is 1. The van der Waals surface area contributed by atoms with Crippen molar-refractivity contribution in [2.24, 2.45) is 10.7 Å². The first-order chi connectivity index (χ1) is 11.9. The highest BCUT2D eigenvalue weighted by Gasteiger charge is 2.37. The van der Waals surface area contributed by atoms with E-state index < -0.39 is 0 Å². The first-order valence-corrected chi connectivity index (χ1v) is 9.27. The van der Waals surface area contributed by atoms with Gasteiger partial charge in [-0.3, -0.25) is 0 Å². The molecular formula is C19H21N3OP2. The standard InChI is InChI=1S/C19H21N3OP2/c1-2-13-6-7-15(14-5-3-4-12(8-14)10-20)9-16(13)17-19(24,25)11-23-18(21)22-17/h3-9,17H,2,11,24-25H2,1H3,(H2,21,22). The molecule has 3 unspecified atom stereocenters. The highest BCUT2D eigenvalue weighted by molar-refractivity contribution is 7.40. The van der Waals surface area contributed by atoms with Crippen molar-refractivity contribution in [3.8, 4) is 17.2 Å². The van der Waals surface area contributed by atoms with E-state index in [-0.39, 0.29) is 17.0 Å². The summed E-state index contributed by atoms with van der Waals surface area (Å²) in [5.74, 6) is 0. The number of nitrogens with two attached hydrogens (primary N) is 1. The molecule has 128 valence electrons. The zero-order valence-electron chi connectivity index (χ0n) is 14.1. The van der Waals surface area contributed by atoms with Crippen LogP contribution in [0.1, 0.15) is 29.7 Å². The summed E-state index contributed by atoms with van der Waals surface area (Å²) in [5, 5.41) is 9.15. The van der Waals surface area contributed by atoms with Gasteiger partial charge in [0.05, 0.1) is 22.6 Å². The second-order valence-corrected chi connectivity index (χ2v) is 9.05. The highest BCUT2D eigenvalue weighted by atomic mass is 31.1. The Balaban J connectivity index is 2.13. The smallest absolute Gasteiger partial charge is 0.282 e. The number of nitriles is 1. The van der Waals surface area contributed by atoms with Crippen LogP contribution in [0.4, 0.5) is 0 Å². The van der Waals surface area contributed by atoms with Gasteiger partial charge >= 0.3 is 0 Å². The Bertz CT molecular complexity index is 871. The Morgan fingerprint density at radius 3 is 2.76 bits per heavy atom. The molecule has 25 heavy (non-hydrogen) atoms. The number of amidine groups is 1. The predicted octanol–water partition coefficient (Wildman–Crippen LogP) is 3.62. The van der Waals surface area contributed by atoms with Crippen molar-refractivity contribution < 1.29 is 4.74 Å².